The summed E-state index contributed by atoms with van der Waals surface area (Å²) < 4.78 is 0. The monoisotopic (exact) mass is 175 g/mol. The molecule has 0 bridgehead atoms. The summed E-state index contributed by atoms with van der Waals surface area (Å²) in [6.07, 6.45) is 4.91. The lowest BCUT2D eigenvalue weighted by atomic mass is 10.6. The lowest BCUT2D eigenvalue weighted by Crippen LogP contribution is -2.26. The summed E-state index contributed by atoms with van der Waals surface area (Å²) in [6, 6.07) is 0. The lowest BCUT2D eigenvalue weighted by molar-refractivity contribution is -0.118. The number of hydrogen-bond donors (Lipinski definition) is 1. The van der Waals surface area contributed by atoms with Crippen LogP contribution >= 0.6 is 15.9 Å². The minimum atomic E-state index is -0.333. The summed E-state index contributed by atoms with van der Waals surface area (Å²) in [7, 11) is 0. The third-order valence-corrected chi connectivity index (χ3v) is 0.970. The van der Waals surface area contributed by atoms with Gasteiger partial charge in [0.15, 0.2) is 0 Å². The molecule has 2 nitrogen and oxygen atoms in total. The van der Waals surface area contributed by atoms with Crippen LogP contribution in [0.2, 0.25) is 0 Å². The molecule has 0 fully saturated rings. The van der Waals surface area contributed by atoms with Crippen LogP contribution < -0.4 is 5.32 Å². The van der Waals surface area contributed by atoms with Crippen LogP contribution in [0.3, 0.4) is 0 Å². The molecule has 3 heteroatoms. The molecule has 1 amide bonds. The Kier molecular flexibility index (Phi) is 3.29. The van der Waals surface area contributed by atoms with Crippen molar-refractivity contribution in [3.63, 3.8) is 0 Å². The first-order valence-corrected chi connectivity index (χ1v) is 2.95. The van der Waals surface area contributed by atoms with E-state index in [4.69, 9.17) is 6.42 Å². The Morgan fingerprint density at radius 2 is 2.50 bits per heavy atom. The van der Waals surface area contributed by atoms with Gasteiger partial charge in [0.05, 0.1) is 0 Å². The maximum atomic E-state index is 10.2. The minimum absolute atomic E-state index is 0.134. The van der Waals surface area contributed by atoms with Crippen molar-refractivity contribution >= 4 is 21.8 Å². The van der Waals surface area contributed by atoms with Crippen LogP contribution in [-0.4, -0.2) is 10.9 Å². The highest BCUT2D eigenvalue weighted by Crippen LogP contribution is 1.89. The van der Waals surface area contributed by atoms with E-state index < -0.39 is 0 Å². The van der Waals surface area contributed by atoms with Crippen molar-refractivity contribution in [2.24, 2.45) is 0 Å². The fraction of sp³-hybridized carbons (Fsp3) is 0.400. The molecule has 0 aromatic heterocycles. The van der Waals surface area contributed by atoms with Gasteiger partial charge in [-0.3, -0.25) is 4.79 Å². The molecule has 0 aromatic carbocycles. The molecule has 8 heavy (non-hydrogen) atoms. The van der Waals surface area contributed by atoms with Gasteiger partial charge >= 0.3 is 0 Å². The van der Waals surface area contributed by atoms with Crippen molar-refractivity contribution in [2.45, 2.75) is 11.9 Å². The zero-order valence-electron chi connectivity index (χ0n) is 4.44. The van der Waals surface area contributed by atoms with Gasteiger partial charge in [0.1, 0.15) is 4.95 Å². The van der Waals surface area contributed by atoms with Crippen LogP contribution in [0.25, 0.3) is 0 Å². The van der Waals surface area contributed by atoms with Gasteiger partial charge in [-0.25, -0.2) is 0 Å². The van der Waals surface area contributed by atoms with Crippen LogP contribution in [0.4, 0.5) is 0 Å². The van der Waals surface area contributed by atoms with Gasteiger partial charge in [-0.05, 0) is 0 Å². The van der Waals surface area contributed by atoms with Crippen LogP contribution in [0.15, 0.2) is 0 Å². The minimum Gasteiger partial charge on any atom is -0.334 e. The van der Waals surface area contributed by atoms with Crippen LogP contribution in [-0.2, 0) is 4.79 Å². The molecule has 0 spiro atoms. The zero-order valence-corrected chi connectivity index (χ0v) is 6.03. The van der Waals surface area contributed by atoms with E-state index in [9.17, 15) is 4.79 Å². The quantitative estimate of drug-likeness (QED) is 0.351. The van der Waals surface area contributed by atoms with Gasteiger partial charge in [-0.15, -0.1) is 6.42 Å². The largest absolute Gasteiger partial charge is 0.334 e. The Morgan fingerprint density at radius 3 is 2.62 bits per heavy atom. The van der Waals surface area contributed by atoms with Crippen molar-refractivity contribution < 1.29 is 4.79 Å². The van der Waals surface area contributed by atoms with Gasteiger partial charge in [0, 0.05) is 6.92 Å². The average molecular weight is 176 g/mol. The predicted molar refractivity (Wildman–Crippen MR) is 35.4 cm³/mol. The van der Waals surface area contributed by atoms with Crippen molar-refractivity contribution in [1.29, 1.82) is 0 Å². The Labute approximate surface area is 56.8 Å². The molecule has 0 aliphatic carbocycles. The summed E-state index contributed by atoms with van der Waals surface area (Å²) in [4.78, 5) is 9.84. The third-order valence-electron chi connectivity index (χ3n) is 0.476. The van der Waals surface area contributed by atoms with Gasteiger partial charge in [-0.2, -0.15) is 0 Å². The fourth-order valence-electron chi connectivity index (χ4n) is 0.220. The van der Waals surface area contributed by atoms with Gasteiger partial charge in [-0.1, -0.05) is 21.9 Å². The number of rotatable bonds is 1. The summed E-state index contributed by atoms with van der Waals surface area (Å²) in [5.41, 5.74) is 0. The Hall–Kier alpha value is -0.490. The second-order valence-corrected chi connectivity index (χ2v) is 2.15. The molecular formula is C5H6BrNO. The van der Waals surface area contributed by atoms with E-state index in [1.165, 1.54) is 6.92 Å². The molecule has 0 saturated carbocycles. The average Bonchev–Trinajstić information content (AvgIpc) is 1.65. The maximum Gasteiger partial charge on any atom is 0.218 e. The van der Waals surface area contributed by atoms with E-state index >= 15 is 0 Å². The lowest BCUT2D eigenvalue weighted by Gasteiger charge is -1.99. The molecule has 0 aromatic rings. The van der Waals surface area contributed by atoms with E-state index in [0.29, 0.717) is 0 Å². The summed E-state index contributed by atoms with van der Waals surface area (Å²) in [6.45, 7) is 1.41. The molecule has 0 radical (unpaired) electrons. The highest BCUT2D eigenvalue weighted by Gasteiger charge is 1.96. The Bertz CT molecular complexity index is 127. The SMILES string of the molecule is C#CC(Br)NC(C)=O. The van der Waals surface area contributed by atoms with Crippen molar-refractivity contribution in [1.82, 2.24) is 5.32 Å². The number of alkyl halides is 1. The number of halogens is 1. The van der Waals surface area contributed by atoms with E-state index in [2.05, 4.69) is 27.2 Å². The summed E-state index contributed by atoms with van der Waals surface area (Å²) in [5.74, 6) is 2.15. The molecule has 1 N–H and O–H groups in total. The molecule has 0 rings (SSSR count). The van der Waals surface area contributed by atoms with Crippen LogP contribution in [0.5, 0.6) is 0 Å². The standard InChI is InChI=1S/C5H6BrNO/c1-3-5(6)7-4(2)8/h1,5H,2H3,(H,7,8). The summed E-state index contributed by atoms with van der Waals surface area (Å²) >= 11 is 3.01. The van der Waals surface area contributed by atoms with E-state index in [1.807, 2.05) is 0 Å². The molecule has 0 heterocycles. The number of nitrogens with one attached hydrogen (secondary N) is 1. The normalized spacial score (nSPS) is 11.6. The molecule has 0 saturated heterocycles. The van der Waals surface area contributed by atoms with Crippen LogP contribution in [0.1, 0.15) is 6.92 Å². The fourth-order valence-corrected chi connectivity index (χ4v) is 0.542. The Balaban J connectivity index is 3.43. The number of hydrogen-bond acceptors (Lipinski definition) is 1. The van der Waals surface area contributed by atoms with Gasteiger partial charge < -0.3 is 5.32 Å². The van der Waals surface area contributed by atoms with E-state index in [0.717, 1.165) is 0 Å². The molecule has 0 aliphatic rings. The third kappa shape index (κ3) is 3.69. The Morgan fingerprint density at radius 1 is 2.00 bits per heavy atom. The van der Waals surface area contributed by atoms with E-state index in [1.54, 1.807) is 0 Å². The molecule has 0 aliphatic heterocycles. The second kappa shape index (κ2) is 3.50. The number of carbonyl (C=O) groups is 1. The molecule has 44 valence electrons. The summed E-state index contributed by atoms with van der Waals surface area (Å²) in [5, 5.41) is 2.43. The van der Waals surface area contributed by atoms with E-state index in [-0.39, 0.29) is 10.9 Å². The van der Waals surface area contributed by atoms with Crippen molar-refractivity contribution in [3.05, 3.63) is 0 Å². The highest BCUT2D eigenvalue weighted by atomic mass is 79.9. The maximum absolute atomic E-state index is 10.2. The first kappa shape index (κ1) is 7.51. The number of carbonyl (C=O) groups excluding carboxylic acids is 1. The first-order valence-electron chi connectivity index (χ1n) is 2.04. The first-order chi connectivity index (χ1) is 3.66. The van der Waals surface area contributed by atoms with Gasteiger partial charge in [0.25, 0.3) is 0 Å². The topological polar surface area (TPSA) is 29.1 Å². The van der Waals surface area contributed by atoms with Crippen molar-refractivity contribution in [2.75, 3.05) is 0 Å². The predicted octanol–water partition coefficient (Wildman–Crippen LogP) is 0.477. The smallest absolute Gasteiger partial charge is 0.218 e. The second-order valence-electron chi connectivity index (χ2n) is 1.23. The van der Waals surface area contributed by atoms with Gasteiger partial charge in [0.2, 0.25) is 5.91 Å². The highest BCUT2D eigenvalue weighted by molar-refractivity contribution is 9.09. The molecule has 1 atom stereocenters. The number of amides is 1. The molecule has 1 unspecified atom stereocenters. The van der Waals surface area contributed by atoms with Crippen LogP contribution in [0, 0.1) is 12.3 Å². The zero-order chi connectivity index (χ0) is 6.57. The van der Waals surface area contributed by atoms with Crippen molar-refractivity contribution in [3.8, 4) is 12.3 Å². The number of terminal acetylenes is 1. The molecular weight excluding hydrogens is 170 g/mol.